The van der Waals surface area contributed by atoms with Crippen molar-refractivity contribution < 1.29 is 22.3 Å². The Morgan fingerprint density at radius 2 is 1.52 bits per heavy atom. The average Bonchev–Trinajstić information content (AvgIpc) is 2.62. The second-order valence-corrected chi connectivity index (χ2v) is 6.82. The summed E-state index contributed by atoms with van der Waals surface area (Å²) in [5.74, 6) is -0.177. The molecule has 0 amide bonds. The molecule has 0 aliphatic carbocycles. The molecule has 0 saturated carbocycles. The monoisotopic (exact) mass is 353 g/mol. The van der Waals surface area contributed by atoms with Crippen molar-refractivity contribution in [1.82, 2.24) is 0 Å². The summed E-state index contributed by atoms with van der Waals surface area (Å²) in [5.41, 5.74) is 1.29. The summed E-state index contributed by atoms with van der Waals surface area (Å²) in [4.78, 5) is 12.5. The van der Waals surface area contributed by atoms with Crippen LogP contribution in [0.5, 0.6) is 0 Å². The first-order valence-electron chi connectivity index (χ1n) is 7.59. The lowest BCUT2D eigenvalue weighted by molar-refractivity contribution is -0.690. The van der Waals surface area contributed by atoms with Crippen molar-refractivity contribution in [2.75, 3.05) is 0 Å². The van der Waals surface area contributed by atoms with Crippen LogP contribution in [0.2, 0.25) is 0 Å². The van der Waals surface area contributed by atoms with Crippen LogP contribution in [0.1, 0.15) is 21.6 Å². The average molecular weight is 353 g/mol. The van der Waals surface area contributed by atoms with E-state index in [4.69, 9.17) is 0 Å². The maximum absolute atomic E-state index is 12.7. The fraction of sp³-hybridized carbons (Fsp3) is 0.0526. The van der Waals surface area contributed by atoms with Gasteiger partial charge in [-0.25, -0.2) is 8.42 Å². The molecule has 3 rings (SSSR count). The minimum atomic E-state index is -4.59. The quantitative estimate of drug-likeness (QED) is 0.400. The second kappa shape index (κ2) is 6.96. The van der Waals surface area contributed by atoms with Crippen LogP contribution >= 0.6 is 0 Å². The molecule has 0 bridgehead atoms. The van der Waals surface area contributed by atoms with Crippen LogP contribution in [0.15, 0.2) is 83.9 Å². The number of hydrogen-bond donors (Lipinski definition) is 0. The van der Waals surface area contributed by atoms with E-state index in [2.05, 4.69) is 0 Å². The Kier molecular flexibility index (Phi) is 4.74. The fourth-order valence-electron chi connectivity index (χ4n) is 2.62. The summed E-state index contributed by atoms with van der Waals surface area (Å²) in [6.45, 7) is 0.104. The predicted molar refractivity (Wildman–Crippen MR) is 90.0 cm³/mol. The number of ketones is 1. The molecule has 25 heavy (non-hydrogen) atoms. The lowest BCUT2D eigenvalue weighted by atomic mass is 10.1. The zero-order valence-corrected chi connectivity index (χ0v) is 14.0. The van der Waals surface area contributed by atoms with Crippen molar-refractivity contribution in [1.29, 1.82) is 0 Å². The van der Waals surface area contributed by atoms with Gasteiger partial charge in [0.25, 0.3) is 11.5 Å². The predicted octanol–water partition coefficient (Wildman–Crippen LogP) is 2.16. The number of hydrogen-bond acceptors (Lipinski definition) is 4. The van der Waals surface area contributed by atoms with E-state index in [0.717, 1.165) is 0 Å². The minimum Gasteiger partial charge on any atom is -0.744 e. The van der Waals surface area contributed by atoms with Gasteiger partial charge in [0.2, 0.25) is 0 Å². The Morgan fingerprint density at radius 1 is 0.880 bits per heavy atom. The van der Waals surface area contributed by atoms with Crippen LogP contribution < -0.4 is 4.57 Å². The third-order valence-corrected chi connectivity index (χ3v) is 4.73. The first-order chi connectivity index (χ1) is 12.0. The first-order valence-corrected chi connectivity index (χ1v) is 8.99. The Balaban J connectivity index is 2.03. The number of carbonyl (C=O) groups excluding carboxylic acids is 1. The molecule has 6 heteroatoms. The Bertz CT molecular complexity index is 1010. The highest BCUT2D eigenvalue weighted by atomic mass is 32.2. The van der Waals surface area contributed by atoms with Gasteiger partial charge in [0, 0.05) is 23.3 Å². The van der Waals surface area contributed by atoms with Crippen LogP contribution in [0.4, 0.5) is 0 Å². The Morgan fingerprint density at radius 3 is 2.24 bits per heavy atom. The number of benzene rings is 2. The van der Waals surface area contributed by atoms with E-state index in [1.54, 1.807) is 65.4 Å². The molecule has 0 atom stereocenters. The van der Waals surface area contributed by atoms with Gasteiger partial charge in [0.15, 0.2) is 12.7 Å². The number of aromatic nitrogens is 1. The topological polar surface area (TPSA) is 78.1 Å². The van der Waals surface area contributed by atoms with Crippen molar-refractivity contribution in [3.8, 4) is 0 Å². The van der Waals surface area contributed by atoms with Gasteiger partial charge < -0.3 is 4.55 Å². The van der Waals surface area contributed by atoms with E-state index in [1.807, 2.05) is 6.07 Å². The van der Waals surface area contributed by atoms with E-state index in [1.165, 1.54) is 12.1 Å². The molecule has 5 nitrogen and oxygen atoms in total. The van der Waals surface area contributed by atoms with E-state index in [0.29, 0.717) is 16.8 Å². The van der Waals surface area contributed by atoms with E-state index < -0.39 is 10.1 Å². The largest absolute Gasteiger partial charge is 0.744 e. The third-order valence-electron chi connectivity index (χ3n) is 3.79. The lowest BCUT2D eigenvalue weighted by Crippen LogP contribution is -2.41. The Hall–Kier alpha value is -2.83. The minimum absolute atomic E-state index is 0.104. The maximum Gasteiger partial charge on any atom is 0.256 e. The summed E-state index contributed by atoms with van der Waals surface area (Å²) in [6.07, 6.45) is 1.68. The molecule has 0 aliphatic heterocycles. The molecule has 0 aliphatic rings. The van der Waals surface area contributed by atoms with Gasteiger partial charge in [0.05, 0.1) is 4.90 Å². The number of carbonyl (C=O) groups is 1. The van der Waals surface area contributed by atoms with E-state index in [9.17, 15) is 17.8 Å². The normalized spacial score (nSPS) is 11.2. The van der Waals surface area contributed by atoms with Crippen molar-refractivity contribution in [2.24, 2.45) is 0 Å². The van der Waals surface area contributed by atoms with Crippen LogP contribution in [0, 0.1) is 0 Å². The Labute approximate surface area is 145 Å². The molecular weight excluding hydrogens is 338 g/mol. The van der Waals surface area contributed by atoms with Crippen LogP contribution in [-0.4, -0.2) is 18.8 Å². The highest BCUT2D eigenvalue weighted by molar-refractivity contribution is 7.85. The smallest absolute Gasteiger partial charge is 0.256 e. The van der Waals surface area contributed by atoms with Gasteiger partial charge >= 0.3 is 0 Å². The highest BCUT2D eigenvalue weighted by Crippen LogP contribution is 2.15. The molecule has 1 heterocycles. The van der Waals surface area contributed by atoms with Crippen molar-refractivity contribution in [3.05, 3.63) is 95.8 Å². The summed E-state index contributed by atoms with van der Waals surface area (Å²) >= 11 is 0. The van der Waals surface area contributed by atoms with Gasteiger partial charge in [-0.05, 0) is 12.1 Å². The standard InChI is InChI=1S/C19H15NO4S/c21-19(15-8-2-1-3-9-15)17-11-6-7-13-20(17)14-16-10-4-5-12-18(16)25(22,23)24/h1-13H,14H2. The molecule has 0 N–H and O–H groups in total. The van der Waals surface area contributed by atoms with Gasteiger partial charge in [-0.1, -0.05) is 48.5 Å². The first kappa shape index (κ1) is 17.0. The number of pyridine rings is 1. The van der Waals surface area contributed by atoms with Crippen LogP contribution in [0.25, 0.3) is 0 Å². The number of nitrogens with zero attached hydrogens (tertiary/aromatic N) is 1. The van der Waals surface area contributed by atoms with Crippen molar-refractivity contribution in [3.63, 3.8) is 0 Å². The second-order valence-electron chi connectivity index (χ2n) is 5.47. The van der Waals surface area contributed by atoms with Gasteiger partial charge in [0.1, 0.15) is 10.1 Å². The third kappa shape index (κ3) is 3.81. The molecule has 126 valence electrons. The molecule has 0 spiro atoms. The summed E-state index contributed by atoms with van der Waals surface area (Å²) in [6, 6.07) is 20.0. The molecular formula is C19H15NO4S. The van der Waals surface area contributed by atoms with E-state index in [-0.39, 0.29) is 17.2 Å². The molecule has 1 aromatic heterocycles. The van der Waals surface area contributed by atoms with E-state index >= 15 is 0 Å². The summed E-state index contributed by atoms with van der Waals surface area (Å²) < 4.78 is 36.0. The zero-order valence-electron chi connectivity index (χ0n) is 13.2. The molecule has 0 fully saturated rings. The van der Waals surface area contributed by atoms with Gasteiger partial charge in [-0.3, -0.25) is 4.79 Å². The van der Waals surface area contributed by atoms with Crippen LogP contribution in [-0.2, 0) is 16.7 Å². The fourth-order valence-corrected chi connectivity index (χ4v) is 3.32. The highest BCUT2D eigenvalue weighted by Gasteiger charge is 2.21. The van der Waals surface area contributed by atoms with Gasteiger partial charge in [-0.15, -0.1) is 0 Å². The van der Waals surface area contributed by atoms with Gasteiger partial charge in [-0.2, -0.15) is 4.57 Å². The maximum atomic E-state index is 12.7. The molecule has 2 aromatic carbocycles. The SMILES string of the molecule is O=C(c1ccccc1)c1cccc[n+]1Cc1ccccc1S(=O)(=O)[O-]. The molecule has 0 radical (unpaired) electrons. The van der Waals surface area contributed by atoms with Crippen LogP contribution in [0.3, 0.4) is 0 Å². The molecule has 3 aromatic rings. The summed E-state index contributed by atoms with van der Waals surface area (Å²) in [5, 5.41) is 0. The molecule has 0 saturated heterocycles. The van der Waals surface area contributed by atoms with Crippen molar-refractivity contribution in [2.45, 2.75) is 11.4 Å². The number of rotatable bonds is 5. The van der Waals surface area contributed by atoms with Crippen molar-refractivity contribution >= 4 is 15.9 Å². The lowest BCUT2D eigenvalue weighted by Gasteiger charge is -2.11. The molecule has 0 unspecified atom stereocenters. The summed E-state index contributed by atoms with van der Waals surface area (Å²) in [7, 11) is -4.59. The zero-order chi connectivity index (χ0) is 17.9.